The van der Waals surface area contributed by atoms with Crippen molar-refractivity contribution < 1.29 is 9.53 Å². The van der Waals surface area contributed by atoms with E-state index in [1.54, 1.807) is 7.05 Å². The third-order valence-electron chi connectivity index (χ3n) is 3.55. The maximum Gasteiger partial charge on any atom is 0.330 e. The van der Waals surface area contributed by atoms with Gasteiger partial charge in [0.25, 0.3) is 5.56 Å². The predicted octanol–water partition coefficient (Wildman–Crippen LogP) is 0.601. The normalized spacial score (nSPS) is 10.8. The molecule has 1 heterocycles. The largest absolute Gasteiger partial charge is 0.492 e. The van der Waals surface area contributed by atoms with Gasteiger partial charge in [0.2, 0.25) is 5.91 Å². The summed E-state index contributed by atoms with van der Waals surface area (Å²) in [7, 11) is 2.94. The molecule has 132 valence electrons. The summed E-state index contributed by atoms with van der Waals surface area (Å²) < 4.78 is 7.81. The average Bonchev–Trinajstić information content (AvgIpc) is 2.59. The van der Waals surface area contributed by atoms with Crippen LogP contribution in [0.5, 0.6) is 5.75 Å². The highest BCUT2D eigenvalue weighted by atomic mass is 16.5. The third kappa shape index (κ3) is 4.94. The molecular weight excluding hydrogens is 322 g/mol. The summed E-state index contributed by atoms with van der Waals surface area (Å²) in [6, 6.07) is 7.64. The Hall–Kier alpha value is -3.09. The van der Waals surface area contributed by atoms with Crippen molar-refractivity contribution >= 4 is 12.0 Å². The fraction of sp³-hybridized carbons (Fsp3) is 0.278. The lowest BCUT2D eigenvalue weighted by Gasteiger charge is -2.07. The van der Waals surface area contributed by atoms with Crippen molar-refractivity contribution in [3.63, 3.8) is 0 Å². The first-order valence-electron chi connectivity index (χ1n) is 7.80. The van der Waals surface area contributed by atoms with Crippen molar-refractivity contribution in [3.8, 4) is 5.75 Å². The van der Waals surface area contributed by atoms with Crippen molar-refractivity contribution in [1.29, 1.82) is 0 Å². The molecule has 0 fully saturated rings. The summed E-state index contributed by atoms with van der Waals surface area (Å²) in [6.45, 7) is 2.65. The van der Waals surface area contributed by atoms with E-state index in [0.29, 0.717) is 13.2 Å². The Bertz CT molecular complexity index is 909. The summed E-state index contributed by atoms with van der Waals surface area (Å²) in [5.74, 6) is 0.405. The van der Waals surface area contributed by atoms with Gasteiger partial charge >= 0.3 is 5.69 Å². The lowest BCUT2D eigenvalue weighted by atomic mass is 10.2. The number of carbonyl (C=O) groups is 1. The molecule has 1 aromatic carbocycles. The first-order valence-corrected chi connectivity index (χ1v) is 7.80. The summed E-state index contributed by atoms with van der Waals surface area (Å²) in [4.78, 5) is 35.3. The number of ether oxygens (including phenoxy) is 1. The van der Waals surface area contributed by atoms with E-state index in [1.807, 2.05) is 31.2 Å². The maximum absolute atomic E-state index is 11.9. The predicted molar refractivity (Wildman–Crippen MR) is 95.6 cm³/mol. The Morgan fingerprint density at radius 3 is 2.76 bits per heavy atom. The van der Waals surface area contributed by atoms with Crippen LogP contribution in [0.2, 0.25) is 0 Å². The highest BCUT2D eigenvalue weighted by Gasteiger charge is 2.04. The van der Waals surface area contributed by atoms with Crippen LogP contribution in [0.1, 0.15) is 11.1 Å². The minimum absolute atomic E-state index is 0.260. The first kappa shape index (κ1) is 18.3. The van der Waals surface area contributed by atoms with Gasteiger partial charge in [0.05, 0.1) is 12.1 Å². The van der Waals surface area contributed by atoms with Crippen LogP contribution in [0.15, 0.2) is 46.1 Å². The quantitative estimate of drug-likeness (QED) is 0.615. The molecule has 0 aliphatic rings. The van der Waals surface area contributed by atoms with Crippen LogP contribution in [0.25, 0.3) is 6.08 Å². The molecule has 0 bridgehead atoms. The van der Waals surface area contributed by atoms with E-state index in [4.69, 9.17) is 4.74 Å². The number of aromatic nitrogens is 2. The number of aryl methyl sites for hydroxylation is 2. The fourth-order valence-electron chi connectivity index (χ4n) is 2.22. The summed E-state index contributed by atoms with van der Waals surface area (Å²) >= 11 is 0. The van der Waals surface area contributed by atoms with Crippen molar-refractivity contribution in [2.24, 2.45) is 14.1 Å². The second-order valence-corrected chi connectivity index (χ2v) is 5.63. The standard InChI is InChI=1S/C18H21N3O4/c1-13-5-4-6-15(11-13)25-10-9-19-16(22)8-7-14-12-20(2)18(24)21(3)17(14)23/h4-8,11-12H,9-10H2,1-3H3,(H,19,22)/b8-7+. The van der Waals surface area contributed by atoms with E-state index in [0.717, 1.165) is 15.9 Å². The number of nitrogens with zero attached hydrogens (tertiary/aromatic N) is 2. The van der Waals surface area contributed by atoms with Crippen LogP contribution in [0.4, 0.5) is 0 Å². The molecule has 1 amide bonds. The first-order chi connectivity index (χ1) is 11.9. The van der Waals surface area contributed by atoms with Gasteiger partial charge in [0.1, 0.15) is 12.4 Å². The molecule has 2 rings (SSSR count). The zero-order chi connectivity index (χ0) is 18.4. The van der Waals surface area contributed by atoms with Gasteiger partial charge in [-0.25, -0.2) is 4.79 Å². The van der Waals surface area contributed by atoms with Gasteiger partial charge in [-0.2, -0.15) is 0 Å². The minimum atomic E-state index is -0.449. The van der Waals surface area contributed by atoms with Crippen molar-refractivity contribution in [1.82, 2.24) is 14.5 Å². The zero-order valence-electron chi connectivity index (χ0n) is 14.5. The van der Waals surface area contributed by atoms with E-state index in [9.17, 15) is 14.4 Å². The molecule has 0 aliphatic heterocycles. The number of hydrogen-bond donors (Lipinski definition) is 1. The number of carbonyl (C=O) groups excluding carboxylic acids is 1. The molecule has 0 spiro atoms. The van der Waals surface area contributed by atoms with Crippen LogP contribution in [0.3, 0.4) is 0 Å². The molecule has 1 N–H and O–H groups in total. The molecule has 2 aromatic rings. The minimum Gasteiger partial charge on any atom is -0.492 e. The van der Waals surface area contributed by atoms with Crippen LogP contribution < -0.4 is 21.3 Å². The Balaban J connectivity index is 1.87. The highest BCUT2D eigenvalue weighted by Crippen LogP contribution is 2.11. The molecule has 25 heavy (non-hydrogen) atoms. The molecule has 0 unspecified atom stereocenters. The van der Waals surface area contributed by atoms with Crippen LogP contribution in [0, 0.1) is 6.92 Å². The Labute approximate surface area is 145 Å². The maximum atomic E-state index is 11.9. The number of rotatable bonds is 6. The summed E-state index contributed by atoms with van der Waals surface area (Å²) in [5.41, 5.74) is 0.494. The van der Waals surface area contributed by atoms with Gasteiger partial charge in [-0.1, -0.05) is 12.1 Å². The molecule has 0 aliphatic carbocycles. The van der Waals surface area contributed by atoms with Crippen molar-refractivity contribution in [3.05, 3.63) is 68.5 Å². The van der Waals surface area contributed by atoms with Gasteiger partial charge < -0.3 is 14.6 Å². The van der Waals surface area contributed by atoms with E-state index >= 15 is 0 Å². The number of amides is 1. The van der Waals surface area contributed by atoms with Gasteiger partial charge in [0.15, 0.2) is 0 Å². The Morgan fingerprint density at radius 1 is 1.28 bits per heavy atom. The zero-order valence-corrected chi connectivity index (χ0v) is 14.5. The lowest BCUT2D eigenvalue weighted by molar-refractivity contribution is -0.116. The Kier molecular flexibility index (Phi) is 5.94. The molecule has 0 atom stereocenters. The van der Waals surface area contributed by atoms with Crippen LogP contribution in [-0.4, -0.2) is 28.2 Å². The molecule has 7 heteroatoms. The SMILES string of the molecule is Cc1cccc(OCCNC(=O)/C=C/c2cn(C)c(=O)n(C)c2=O)c1. The summed E-state index contributed by atoms with van der Waals surface area (Å²) in [5, 5.41) is 2.67. The van der Waals surface area contributed by atoms with Crippen LogP contribution >= 0.6 is 0 Å². The second kappa shape index (κ2) is 8.14. The molecule has 0 saturated carbocycles. The summed E-state index contributed by atoms with van der Waals surface area (Å²) in [6.07, 6.45) is 4.04. The molecule has 7 nitrogen and oxygen atoms in total. The molecule has 0 saturated heterocycles. The van der Waals surface area contributed by atoms with Gasteiger partial charge in [0, 0.05) is 26.4 Å². The average molecular weight is 343 g/mol. The van der Waals surface area contributed by atoms with Crippen molar-refractivity contribution in [2.75, 3.05) is 13.2 Å². The topological polar surface area (TPSA) is 82.3 Å². The van der Waals surface area contributed by atoms with Gasteiger partial charge in [-0.05, 0) is 30.7 Å². The molecule has 0 radical (unpaired) electrons. The smallest absolute Gasteiger partial charge is 0.330 e. The number of nitrogens with one attached hydrogen (secondary N) is 1. The Morgan fingerprint density at radius 2 is 2.04 bits per heavy atom. The number of benzene rings is 1. The van der Waals surface area contributed by atoms with E-state index in [2.05, 4.69) is 5.32 Å². The number of hydrogen-bond acceptors (Lipinski definition) is 4. The van der Waals surface area contributed by atoms with Gasteiger partial charge in [-0.15, -0.1) is 0 Å². The van der Waals surface area contributed by atoms with E-state index in [-0.39, 0.29) is 11.5 Å². The van der Waals surface area contributed by atoms with Crippen LogP contribution in [-0.2, 0) is 18.9 Å². The molecule has 1 aromatic heterocycles. The van der Waals surface area contributed by atoms with E-state index in [1.165, 1.54) is 30.0 Å². The highest BCUT2D eigenvalue weighted by molar-refractivity contribution is 5.91. The van der Waals surface area contributed by atoms with E-state index < -0.39 is 11.2 Å². The lowest BCUT2D eigenvalue weighted by Crippen LogP contribution is -2.37. The third-order valence-corrected chi connectivity index (χ3v) is 3.55. The fourth-order valence-corrected chi connectivity index (χ4v) is 2.22. The molecular formula is C18H21N3O4. The van der Waals surface area contributed by atoms with Gasteiger partial charge in [-0.3, -0.25) is 14.2 Å². The van der Waals surface area contributed by atoms with Crippen molar-refractivity contribution in [2.45, 2.75) is 6.92 Å². The monoisotopic (exact) mass is 343 g/mol. The second-order valence-electron chi connectivity index (χ2n) is 5.63.